The van der Waals surface area contributed by atoms with Crippen molar-refractivity contribution in [3.8, 4) is 5.75 Å². The molecule has 2 fully saturated rings. The minimum atomic E-state index is -0.624. The number of aryl methyl sites for hydroxylation is 1. The number of carbonyl (C=O) groups is 3. The molecule has 3 atom stereocenters. The fraction of sp³-hybridized carbons (Fsp3) is 0.595. The van der Waals surface area contributed by atoms with Crippen LogP contribution in [0.3, 0.4) is 0 Å². The highest BCUT2D eigenvalue weighted by molar-refractivity contribution is 5.95. The standard InChI is InChI=1S/C37H53N3O6/c1-25(2)40(35(42)29-15-14-26(3)32(20-29)45-19-11-18-44-7)24-31-23-39(36(43)46-37(4,5)6)22-30(31)21-38-34(41)33(28-16-17-28)27-12-9-8-10-13-27/h8-10,12-15,20,25,28,30-31,33H,11,16-19,21-24H2,1-7H3,(H,38,41)/t30-,31+,33?/m1/s1. The Hall–Kier alpha value is -3.59. The molecule has 9 nitrogen and oxygen atoms in total. The van der Waals surface area contributed by atoms with E-state index >= 15 is 0 Å². The van der Waals surface area contributed by atoms with Crippen molar-refractivity contribution in [3.05, 3.63) is 65.2 Å². The van der Waals surface area contributed by atoms with Crippen molar-refractivity contribution in [1.82, 2.24) is 15.1 Å². The molecule has 1 saturated heterocycles. The van der Waals surface area contributed by atoms with Crippen LogP contribution >= 0.6 is 0 Å². The lowest BCUT2D eigenvalue weighted by atomic mass is 9.91. The molecule has 46 heavy (non-hydrogen) atoms. The van der Waals surface area contributed by atoms with E-state index in [1.165, 1.54) is 0 Å². The molecule has 4 rings (SSSR count). The third-order valence-corrected chi connectivity index (χ3v) is 8.80. The van der Waals surface area contributed by atoms with E-state index in [9.17, 15) is 14.4 Å². The Morgan fingerprint density at radius 2 is 1.70 bits per heavy atom. The minimum Gasteiger partial charge on any atom is -0.493 e. The summed E-state index contributed by atoms with van der Waals surface area (Å²) in [5.74, 6) is 0.712. The summed E-state index contributed by atoms with van der Waals surface area (Å²) in [6.07, 6.45) is 2.49. The molecule has 2 aromatic carbocycles. The zero-order valence-electron chi connectivity index (χ0n) is 28.7. The van der Waals surface area contributed by atoms with Crippen LogP contribution in [-0.4, -0.2) is 85.9 Å². The van der Waals surface area contributed by atoms with Crippen molar-refractivity contribution < 1.29 is 28.6 Å². The Kier molecular flexibility index (Phi) is 12.1. The summed E-state index contributed by atoms with van der Waals surface area (Å²) in [6, 6.07) is 15.5. The van der Waals surface area contributed by atoms with Crippen molar-refractivity contribution in [3.63, 3.8) is 0 Å². The normalized spacial score (nSPS) is 18.7. The first-order valence-electron chi connectivity index (χ1n) is 16.7. The van der Waals surface area contributed by atoms with Gasteiger partial charge in [-0.2, -0.15) is 0 Å². The molecule has 0 bridgehead atoms. The molecule has 2 aromatic rings. The lowest BCUT2D eigenvalue weighted by Gasteiger charge is -2.32. The van der Waals surface area contributed by atoms with E-state index in [-0.39, 0.29) is 41.7 Å². The summed E-state index contributed by atoms with van der Waals surface area (Å²) in [6.45, 7) is 14.4. The smallest absolute Gasteiger partial charge is 0.410 e. The maximum atomic E-state index is 14.0. The van der Waals surface area contributed by atoms with Gasteiger partial charge in [0.25, 0.3) is 5.91 Å². The van der Waals surface area contributed by atoms with Crippen LogP contribution in [0.25, 0.3) is 0 Å². The third kappa shape index (κ3) is 9.71. The summed E-state index contributed by atoms with van der Waals surface area (Å²) in [7, 11) is 1.66. The number of nitrogens with one attached hydrogen (secondary N) is 1. The number of hydrogen-bond donors (Lipinski definition) is 1. The second-order valence-corrected chi connectivity index (χ2v) is 14.1. The van der Waals surface area contributed by atoms with Crippen LogP contribution < -0.4 is 10.1 Å². The van der Waals surface area contributed by atoms with Crippen molar-refractivity contribution in [2.45, 2.75) is 78.4 Å². The molecular weight excluding hydrogens is 582 g/mol. The van der Waals surface area contributed by atoms with E-state index in [1.54, 1.807) is 12.0 Å². The van der Waals surface area contributed by atoms with E-state index in [4.69, 9.17) is 14.2 Å². The number of methoxy groups -OCH3 is 1. The quantitative estimate of drug-likeness (QED) is 0.254. The van der Waals surface area contributed by atoms with Crippen molar-refractivity contribution >= 4 is 17.9 Å². The van der Waals surface area contributed by atoms with E-state index < -0.39 is 5.60 Å². The molecule has 1 N–H and O–H groups in total. The molecule has 2 aliphatic rings. The van der Waals surface area contributed by atoms with Gasteiger partial charge in [0, 0.05) is 69.8 Å². The van der Waals surface area contributed by atoms with Crippen LogP contribution in [0.2, 0.25) is 0 Å². The molecule has 9 heteroatoms. The predicted molar refractivity (Wildman–Crippen MR) is 179 cm³/mol. The van der Waals surface area contributed by atoms with Gasteiger partial charge in [-0.05, 0) is 83.6 Å². The summed E-state index contributed by atoms with van der Waals surface area (Å²) in [4.78, 5) is 44.3. The van der Waals surface area contributed by atoms with Crippen LogP contribution in [0.15, 0.2) is 48.5 Å². The molecule has 0 radical (unpaired) electrons. The number of amides is 3. The number of rotatable bonds is 14. The predicted octanol–water partition coefficient (Wildman–Crippen LogP) is 6.05. The zero-order chi connectivity index (χ0) is 33.4. The first-order valence-corrected chi connectivity index (χ1v) is 16.7. The summed E-state index contributed by atoms with van der Waals surface area (Å²) < 4.78 is 16.8. The molecule has 1 aliphatic heterocycles. The fourth-order valence-corrected chi connectivity index (χ4v) is 6.14. The van der Waals surface area contributed by atoms with Gasteiger partial charge in [0.1, 0.15) is 11.4 Å². The fourth-order valence-electron chi connectivity index (χ4n) is 6.14. The van der Waals surface area contributed by atoms with Crippen molar-refractivity contribution in [2.75, 3.05) is 46.5 Å². The number of ether oxygens (including phenoxy) is 3. The van der Waals surface area contributed by atoms with Gasteiger partial charge < -0.3 is 29.3 Å². The van der Waals surface area contributed by atoms with Gasteiger partial charge in [-0.3, -0.25) is 9.59 Å². The molecule has 3 amide bonds. The van der Waals surface area contributed by atoms with E-state index in [2.05, 4.69) is 5.32 Å². The zero-order valence-corrected chi connectivity index (χ0v) is 28.7. The van der Waals surface area contributed by atoms with E-state index in [0.717, 1.165) is 30.4 Å². The lowest BCUT2D eigenvalue weighted by molar-refractivity contribution is -0.123. The topological polar surface area (TPSA) is 97.4 Å². The highest BCUT2D eigenvalue weighted by atomic mass is 16.6. The van der Waals surface area contributed by atoms with Gasteiger partial charge in [0.05, 0.1) is 12.5 Å². The molecule has 1 saturated carbocycles. The number of benzene rings is 2. The monoisotopic (exact) mass is 635 g/mol. The van der Waals surface area contributed by atoms with Crippen LogP contribution in [0.4, 0.5) is 4.79 Å². The van der Waals surface area contributed by atoms with Crippen LogP contribution in [0.1, 0.15) is 81.3 Å². The Morgan fingerprint density at radius 3 is 2.33 bits per heavy atom. The third-order valence-electron chi connectivity index (χ3n) is 8.80. The molecule has 0 spiro atoms. The maximum Gasteiger partial charge on any atom is 0.410 e. The van der Waals surface area contributed by atoms with Gasteiger partial charge in [-0.15, -0.1) is 0 Å². The average molecular weight is 636 g/mol. The largest absolute Gasteiger partial charge is 0.493 e. The summed E-state index contributed by atoms with van der Waals surface area (Å²) in [5.41, 5.74) is 1.94. The van der Waals surface area contributed by atoms with Gasteiger partial charge in [0.2, 0.25) is 5.91 Å². The molecule has 1 aliphatic carbocycles. The van der Waals surface area contributed by atoms with E-state index in [1.807, 2.05) is 95.0 Å². The Bertz CT molecular complexity index is 1320. The van der Waals surface area contributed by atoms with Crippen molar-refractivity contribution in [1.29, 1.82) is 0 Å². The molecule has 1 unspecified atom stereocenters. The minimum absolute atomic E-state index is 0.0256. The Balaban J connectivity index is 1.50. The molecule has 252 valence electrons. The Morgan fingerprint density at radius 1 is 1.00 bits per heavy atom. The molecule has 1 heterocycles. The number of nitrogens with zero attached hydrogens (tertiary/aromatic N) is 2. The van der Waals surface area contributed by atoms with Crippen molar-refractivity contribution in [2.24, 2.45) is 17.8 Å². The van der Waals surface area contributed by atoms with Gasteiger partial charge in [-0.1, -0.05) is 36.4 Å². The first-order chi connectivity index (χ1) is 21.9. The maximum absolute atomic E-state index is 14.0. The summed E-state index contributed by atoms with van der Waals surface area (Å²) >= 11 is 0. The Labute approximate surface area is 274 Å². The highest BCUT2D eigenvalue weighted by Crippen LogP contribution is 2.42. The number of likely N-dealkylation sites (tertiary alicyclic amines) is 1. The SMILES string of the molecule is COCCCOc1cc(C(=O)N(C[C@@H]2CN(C(=O)OC(C)(C)C)C[C@H]2CNC(=O)C(c2ccccc2)C2CC2)C(C)C)ccc1C. The lowest BCUT2D eigenvalue weighted by Crippen LogP contribution is -2.44. The van der Waals surface area contributed by atoms with Crippen LogP contribution in [-0.2, 0) is 14.3 Å². The second kappa shape index (κ2) is 15.8. The molecule has 0 aromatic heterocycles. The van der Waals surface area contributed by atoms with Gasteiger partial charge in [0.15, 0.2) is 0 Å². The van der Waals surface area contributed by atoms with Gasteiger partial charge in [-0.25, -0.2) is 4.79 Å². The number of hydrogen-bond acceptors (Lipinski definition) is 6. The van der Waals surface area contributed by atoms with Crippen LogP contribution in [0.5, 0.6) is 5.75 Å². The summed E-state index contributed by atoms with van der Waals surface area (Å²) in [5, 5.41) is 3.24. The van der Waals surface area contributed by atoms with Gasteiger partial charge >= 0.3 is 6.09 Å². The second-order valence-electron chi connectivity index (χ2n) is 14.1. The van der Waals surface area contributed by atoms with Crippen LogP contribution in [0, 0.1) is 24.7 Å². The first kappa shape index (κ1) is 35.3. The highest BCUT2D eigenvalue weighted by Gasteiger charge is 2.41. The van der Waals surface area contributed by atoms with E-state index in [0.29, 0.717) is 56.6 Å². The number of carbonyl (C=O) groups excluding carboxylic acids is 3. The average Bonchev–Trinajstić information content (AvgIpc) is 3.75. The molecular formula is C37H53N3O6.